The van der Waals surface area contributed by atoms with Crippen molar-refractivity contribution < 1.29 is 14.8 Å². The molecular weight excluding hydrogens is 280 g/mol. The van der Waals surface area contributed by atoms with Gasteiger partial charge in [0.2, 0.25) is 0 Å². The van der Waals surface area contributed by atoms with Crippen molar-refractivity contribution in [2.24, 2.45) is 5.73 Å². The molecule has 1 rings (SSSR count). The van der Waals surface area contributed by atoms with Gasteiger partial charge >= 0.3 is 5.97 Å². The second-order valence-electron chi connectivity index (χ2n) is 3.49. The minimum Gasteiger partial charge on any atom is -0.480 e. The number of nitro benzene ring substituents is 1. The highest BCUT2D eigenvalue weighted by molar-refractivity contribution is 7.98. The van der Waals surface area contributed by atoms with Crippen LogP contribution in [-0.4, -0.2) is 27.8 Å². The highest BCUT2D eigenvalue weighted by Gasteiger charge is 2.16. The number of halogens is 1. The minimum atomic E-state index is -1.09. The first-order chi connectivity index (χ1) is 8.41. The van der Waals surface area contributed by atoms with E-state index in [9.17, 15) is 14.9 Å². The predicted octanol–water partition coefficient (Wildman–Crippen LogP) is 1.89. The van der Waals surface area contributed by atoms with Crippen LogP contribution in [0.4, 0.5) is 5.69 Å². The van der Waals surface area contributed by atoms with Crippen molar-refractivity contribution in [1.29, 1.82) is 0 Å². The van der Waals surface area contributed by atoms with Crippen LogP contribution in [0, 0.1) is 10.1 Å². The molecule has 3 N–H and O–H groups in total. The highest BCUT2D eigenvalue weighted by Crippen LogP contribution is 2.26. The predicted molar refractivity (Wildman–Crippen MR) is 69.9 cm³/mol. The van der Waals surface area contributed by atoms with Crippen LogP contribution in [0.15, 0.2) is 18.2 Å². The maximum atomic E-state index is 10.8. The molecule has 98 valence electrons. The minimum absolute atomic E-state index is 0.0705. The molecule has 0 radical (unpaired) electrons. The summed E-state index contributed by atoms with van der Waals surface area (Å²) in [5, 5.41) is 19.7. The second-order valence-corrected chi connectivity index (χ2v) is 4.96. The number of carboxylic acid groups (broad SMARTS) is 1. The zero-order valence-corrected chi connectivity index (χ0v) is 10.8. The Hall–Kier alpha value is -1.31. The Labute approximate surface area is 112 Å². The second kappa shape index (κ2) is 6.58. The van der Waals surface area contributed by atoms with E-state index in [4.69, 9.17) is 22.4 Å². The van der Waals surface area contributed by atoms with E-state index in [1.807, 2.05) is 0 Å². The monoisotopic (exact) mass is 290 g/mol. The van der Waals surface area contributed by atoms with Gasteiger partial charge in [-0.25, -0.2) is 0 Å². The van der Waals surface area contributed by atoms with E-state index in [0.717, 1.165) is 0 Å². The number of rotatable bonds is 6. The molecule has 1 aromatic rings. The molecule has 0 bridgehead atoms. The number of aliphatic carboxylic acids is 1. The van der Waals surface area contributed by atoms with Gasteiger partial charge in [-0.15, -0.1) is 0 Å². The van der Waals surface area contributed by atoms with Crippen molar-refractivity contribution in [1.82, 2.24) is 0 Å². The molecule has 0 fully saturated rings. The summed E-state index contributed by atoms with van der Waals surface area (Å²) < 4.78 is 0. The van der Waals surface area contributed by atoms with Crippen LogP contribution in [0.2, 0.25) is 5.02 Å². The van der Waals surface area contributed by atoms with E-state index in [2.05, 4.69) is 0 Å². The Kier molecular flexibility index (Phi) is 5.39. The summed E-state index contributed by atoms with van der Waals surface area (Å²) in [5.74, 6) is -0.586. The Morgan fingerprint density at radius 1 is 1.61 bits per heavy atom. The first-order valence-electron chi connectivity index (χ1n) is 4.90. The number of carboxylic acids is 1. The summed E-state index contributed by atoms with van der Waals surface area (Å²) in [6.45, 7) is 0. The van der Waals surface area contributed by atoms with E-state index >= 15 is 0 Å². The molecule has 8 heteroatoms. The van der Waals surface area contributed by atoms with Gasteiger partial charge in [0.25, 0.3) is 5.69 Å². The van der Waals surface area contributed by atoms with E-state index in [-0.39, 0.29) is 16.5 Å². The number of hydrogen-bond acceptors (Lipinski definition) is 5. The first-order valence-corrected chi connectivity index (χ1v) is 6.44. The molecule has 0 saturated carbocycles. The summed E-state index contributed by atoms with van der Waals surface area (Å²) in [6, 6.07) is 3.41. The molecule has 0 aliphatic rings. The van der Waals surface area contributed by atoms with Crippen LogP contribution in [0.3, 0.4) is 0 Å². The average Bonchev–Trinajstić information content (AvgIpc) is 2.30. The summed E-state index contributed by atoms with van der Waals surface area (Å²) in [5.41, 5.74) is 5.75. The van der Waals surface area contributed by atoms with Crippen molar-refractivity contribution in [3.63, 3.8) is 0 Å². The van der Waals surface area contributed by atoms with E-state index < -0.39 is 16.9 Å². The van der Waals surface area contributed by atoms with Crippen LogP contribution in [0.5, 0.6) is 0 Å². The zero-order chi connectivity index (χ0) is 13.7. The molecule has 6 nitrogen and oxygen atoms in total. The van der Waals surface area contributed by atoms with Crippen LogP contribution >= 0.6 is 23.4 Å². The van der Waals surface area contributed by atoms with Gasteiger partial charge in [0.15, 0.2) is 0 Å². The Bertz CT molecular complexity index is 469. The number of thioether (sulfide) groups is 1. The summed E-state index contributed by atoms with van der Waals surface area (Å²) in [4.78, 5) is 20.8. The topological polar surface area (TPSA) is 106 Å². The van der Waals surface area contributed by atoms with Gasteiger partial charge in [0.05, 0.1) is 4.92 Å². The van der Waals surface area contributed by atoms with Crippen LogP contribution in [0.1, 0.15) is 5.56 Å². The van der Waals surface area contributed by atoms with Gasteiger partial charge in [-0.05, 0) is 12.1 Å². The van der Waals surface area contributed by atoms with Gasteiger partial charge in [-0.2, -0.15) is 11.8 Å². The SMILES string of the molecule is N[C@H](CSCc1ccc(Cl)cc1[N+](=O)[O-])C(=O)O. The number of benzene rings is 1. The molecule has 0 saturated heterocycles. The highest BCUT2D eigenvalue weighted by atomic mass is 35.5. The molecule has 0 aliphatic heterocycles. The van der Waals surface area contributed by atoms with E-state index in [1.165, 1.54) is 17.8 Å². The van der Waals surface area contributed by atoms with Gasteiger partial charge < -0.3 is 10.8 Å². The third-order valence-electron chi connectivity index (χ3n) is 2.12. The normalized spacial score (nSPS) is 12.1. The number of carbonyl (C=O) groups is 1. The largest absolute Gasteiger partial charge is 0.480 e. The number of hydrogen-bond donors (Lipinski definition) is 2. The van der Waals surface area contributed by atoms with Crippen molar-refractivity contribution in [3.8, 4) is 0 Å². The van der Waals surface area contributed by atoms with Crippen molar-refractivity contribution in [3.05, 3.63) is 38.9 Å². The molecule has 0 aromatic heterocycles. The summed E-state index contributed by atoms with van der Waals surface area (Å²) >= 11 is 6.90. The molecule has 0 amide bonds. The number of nitro groups is 1. The molecule has 1 atom stereocenters. The van der Waals surface area contributed by atoms with Gasteiger partial charge in [0.1, 0.15) is 6.04 Å². The molecule has 0 heterocycles. The third kappa shape index (κ3) is 4.17. The molecule has 0 unspecified atom stereocenters. The van der Waals surface area contributed by atoms with Crippen molar-refractivity contribution in [2.75, 3.05) is 5.75 Å². The fraction of sp³-hybridized carbons (Fsp3) is 0.300. The first kappa shape index (κ1) is 14.7. The van der Waals surface area contributed by atoms with Gasteiger partial charge in [-0.1, -0.05) is 11.6 Å². The lowest BCUT2D eigenvalue weighted by atomic mass is 10.2. The number of nitrogens with two attached hydrogens (primary N) is 1. The van der Waals surface area contributed by atoms with Crippen molar-refractivity contribution >= 4 is 35.0 Å². The Morgan fingerprint density at radius 2 is 2.28 bits per heavy atom. The van der Waals surface area contributed by atoms with Gasteiger partial charge in [-0.3, -0.25) is 14.9 Å². The average molecular weight is 291 g/mol. The summed E-state index contributed by atoms with van der Waals surface area (Å²) in [7, 11) is 0. The molecule has 0 spiro atoms. The Morgan fingerprint density at radius 3 is 2.83 bits per heavy atom. The standard InChI is InChI=1S/C10H11ClN2O4S/c11-7-2-1-6(9(3-7)13(16)17)4-18-5-8(12)10(14)15/h1-3,8H,4-5,12H2,(H,14,15)/t8-/m1/s1. The van der Waals surface area contributed by atoms with Crippen LogP contribution < -0.4 is 5.73 Å². The third-order valence-corrected chi connectivity index (χ3v) is 3.46. The van der Waals surface area contributed by atoms with Crippen LogP contribution in [0.25, 0.3) is 0 Å². The molecular formula is C10H11ClN2O4S. The maximum absolute atomic E-state index is 10.8. The summed E-state index contributed by atoms with van der Waals surface area (Å²) in [6.07, 6.45) is 0. The van der Waals surface area contributed by atoms with E-state index in [1.54, 1.807) is 12.1 Å². The van der Waals surface area contributed by atoms with E-state index in [0.29, 0.717) is 11.3 Å². The Balaban J connectivity index is 2.67. The fourth-order valence-electron chi connectivity index (χ4n) is 1.20. The lowest BCUT2D eigenvalue weighted by Gasteiger charge is -2.06. The lowest BCUT2D eigenvalue weighted by molar-refractivity contribution is -0.385. The maximum Gasteiger partial charge on any atom is 0.321 e. The fourth-order valence-corrected chi connectivity index (χ4v) is 2.34. The molecule has 1 aromatic carbocycles. The smallest absolute Gasteiger partial charge is 0.321 e. The lowest BCUT2D eigenvalue weighted by Crippen LogP contribution is -2.32. The molecule has 18 heavy (non-hydrogen) atoms. The van der Waals surface area contributed by atoms with Gasteiger partial charge in [0, 0.05) is 28.2 Å². The van der Waals surface area contributed by atoms with Crippen LogP contribution in [-0.2, 0) is 10.5 Å². The van der Waals surface area contributed by atoms with Crippen molar-refractivity contribution in [2.45, 2.75) is 11.8 Å². The zero-order valence-electron chi connectivity index (χ0n) is 9.21. The quantitative estimate of drug-likeness (QED) is 0.612. The molecule has 0 aliphatic carbocycles. The number of nitrogens with zero attached hydrogens (tertiary/aromatic N) is 1.